The maximum atomic E-state index is 13.0. The summed E-state index contributed by atoms with van der Waals surface area (Å²) in [6.45, 7) is -0.343. The van der Waals surface area contributed by atoms with E-state index in [2.05, 4.69) is 5.32 Å². The molecule has 14 heavy (non-hydrogen) atoms. The van der Waals surface area contributed by atoms with Crippen LogP contribution in [0.2, 0.25) is 0 Å². The molecule has 0 aromatic carbocycles. The van der Waals surface area contributed by atoms with E-state index in [0.717, 1.165) is 4.90 Å². The minimum absolute atomic E-state index is 0.0979. The molecule has 0 spiro atoms. The topological polar surface area (TPSA) is 15.3 Å². The van der Waals surface area contributed by atoms with Gasteiger partial charge in [-0.2, -0.15) is 13.2 Å². The van der Waals surface area contributed by atoms with Crippen molar-refractivity contribution in [3.05, 3.63) is 0 Å². The Labute approximate surface area is 80.3 Å². The van der Waals surface area contributed by atoms with Crippen molar-refractivity contribution in [3.63, 3.8) is 0 Å². The van der Waals surface area contributed by atoms with Crippen LogP contribution in [0.15, 0.2) is 0 Å². The molecule has 0 amide bonds. The molecule has 0 radical (unpaired) electrons. The first-order valence-electron chi connectivity index (χ1n) is 4.51. The van der Waals surface area contributed by atoms with Crippen LogP contribution in [-0.4, -0.2) is 50.0 Å². The van der Waals surface area contributed by atoms with E-state index in [1.165, 1.54) is 7.05 Å². The number of hydrogen-bond donors (Lipinski definition) is 1. The van der Waals surface area contributed by atoms with Crippen LogP contribution in [0.1, 0.15) is 6.42 Å². The highest BCUT2D eigenvalue weighted by Crippen LogP contribution is 2.17. The predicted octanol–water partition coefficient (Wildman–Crippen LogP) is 1.18. The quantitative estimate of drug-likeness (QED) is 0.710. The number of nitrogens with zero attached hydrogens (tertiary/aromatic N) is 1. The first-order valence-corrected chi connectivity index (χ1v) is 4.51. The number of alkyl halides is 4. The van der Waals surface area contributed by atoms with E-state index in [9.17, 15) is 17.6 Å². The van der Waals surface area contributed by atoms with Crippen molar-refractivity contribution in [3.8, 4) is 0 Å². The molecule has 1 N–H and O–H groups in total. The van der Waals surface area contributed by atoms with Gasteiger partial charge in [0, 0.05) is 6.54 Å². The van der Waals surface area contributed by atoms with Crippen LogP contribution in [0.4, 0.5) is 17.6 Å². The lowest BCUT2D eigenvalue weighted by Crippen LogP contribution is -2.43. The summed E-state index contributed by atoms with van der Waals surface area (Å²) in [4.78, 5) is 1.09. The summed E-state index contributed by atoms with van der Waals surface area (Å²) >= 11 is 0. The van der Waals surface area contributed by atoms with Crippen LogP contribution < -0.4 is 5.32 Å². The second-order valence-corrected chi connectivity index (χ2v) is 3.68. The first kappa shape index (κ1) is 11.7. The number of nitrogens with one attached hydrogen (secondary N) is 1. The third-order valence-corrected chi connectivity index (χ3v) is 2.22. The van der Waals surface area contributed by atoms with Crippen LogP contribution in [0.25, 0.3) is 0 Å². The monoisotopic (exact) mass is 214 g/mol. The Morgan fingerprint density at radius 3 is 2.50 bits per heavy atom. The summed E-state index contributed by atoms with van der Waals surface area (Å²) in [5.41, 5.74) is 0. The van der Waals surface area contributed by atoms with E-state index in [4.69, 9.17) is 0 Å². The zero-order valence-corrected chi connectivity index (χ0v) is 7.94. The average molecular weight is 214 g/mol. The molecule has 0 aromatic heterocycles. The van der Waals surface area contributed by atoms with Crippen molar-refractivity contribution in [2.75, 3.05) is 26.7 Å². The average Bonchev–Trinajstić information content (AvgIpc) is 2.32. The fourth-order valence-electron chi connectivity index (χ4n) is 1.62. The Bertz CT molecular complexity index is 183. The minimum Gasteiger partial charge on any atom is -0.310 e. The molecule has 2 unspecified atom stereocenters. The molecule has 1 saturated heterocycles. The molecule has 1 aliphatic heterocycles. The molecule has 6 heteroatoms. The van der Waals surface area contributed by atoms with Gasteiger partial charge in [0.1, 0.15) is 6.17 Å². The highest BCUT2D eigenvalue weighted by atomic mass is 19.4. The third kappa shape index (κ3) is 3.79. The number of rotatable bonds is 3. The molecule has 0 saturated carbocycles. The van der Waals surface area contributed by atoms with E-state index in [1.807, 2.05) is 0 Å². The van der Waals surface area contributed by atoms with Gasteiger partial charge in [-0.05, 0) is 20.0 Å². The van der Waals surface area contributed by atoms with E-state index in [0.29, 0.717) is 13.0 Å². The summed E-state index contributed by atoms with van der Waals surface area (Å²) < 4.78 is 48.8. The molecule has 0 aromatic rings. The van der Waals surface area contributed by atoms with Crippen LogP contribution in [0.3, 0.4) is 0 Å². The number of likely N-dealkylation sites (N-methyl/N-ethyl adjacent to an activating group) is 1. The summed E-state index contributed by atoms with van der Waals surface area (Å²) in [6.07, 6.45) is -4.84. The zero-order valence-electron chi connectivity index (χ0n) is 7.94. The van der Waals surface area contributed by atoms with Crippen molar-refractivity contribution in [1.29, 1.82) is 0 Å². The molecule has 2 atom stereocenters. The van der Waals surface area contributed by atoms with E-state index in [-0.39, 0.29) is 6.54 Å². The van der Waals surface area contributed by atoms with Gasteiger partial charge in [-0.1, -0.05) is 0 Å². The molecular weight excluding hydrogens is 200 g/mol. The molecule has 0 aliphatic carbocycles. The summed E-state index contributed by atoms with van der Waals surface area (Å²) in [7, 11) is 1.35. The normalized spacial score (nSPS) is 28.7. The van der Waals surface area contributed by atoms with Gasteiger partial charge in [0.05, 0.1) is 12.6 Å². The second-order valence-electron chi connectivity index (χ2n) is 3.68. The molecule has 1 heterocycles. The van der Waals surface area contributed by atoms with Crippen molar-refractivity contribution >= 4 is 0 Å². The SMILES string of the molecule is CN(CC1NCCC1F)CC(F)(F)F. The number of hydrogen-bond acceptors (Lipinski definition) is 2. The Balaban J connectivity index is 2.29. The summed E-state index contributed by atoms with van der Waals surface area (Å²) in [6, 6.07) is -0.456. The Morgan fingerprint density at radius 1 is 1.43 bits per heavy atom. The van der Waals surface area contributed by atoms with Crippen LogP contribution in [-0.2, 0) is 0 Å². The first-order chi connectivity index (χ1) is 6.38. The van der Waals surface area contributed by atoms with Gasteiger partial charge >= 0.3 is 6.18 Å². The lowest BCUT2D eigenvalue weighted by atomic mass is 10.2. The molecular formula is C8H14F4N2. The second kappa shape index (κ2) is 4.44. The Morgan fingerprint density at radius 2 is 2.07 bits per heavy atom. The molecule has 1 aliphatic rings. The Kier molecular flexibility index (Phi) is 3.71. The molecule has 84 valence electrons. The maximum Gasteiger partial charge on any atom is 0.401 e. The zero-order chi connectivity index (χ0) is 10.8. The fraction of sp³-hybridized carbons (Fsp3) is 1.00. The van der Waals surface area contributed by atoms with Crippen LogP contribution in [0.5, 0.6) is 0 Å². The van der Waals surface area contributed by atoms with Gasteiger partial charge in [0.25, 0.3) is 0 Å². The lowest BCUT2D eigenvalue weighted by Gasteiger charge is -2.23. The minimum atomic E-state index is -4.21. The van der Waals surface area contributed by atoms with Gasteiger partial charge in [-0.15, -0.1) is 0 Å². The van der Waals surface area contributed by atoms with E-state index < -0.39 is 24.9 Å². The fourth-order valence-corrected chi connectivity index (χ4v) is 1.62. The largest absolute Gasteiger partial charge is 0.401 e. The van der Waals surface area contributed by atoms with Gasteiger partial charge in [0.15, 0.2) is 0 Å². The van der Waals surface area contributed by atoms with Gasteiger partial charge in [-0.3, -0.25) is 4.90 Å². The molecule has 2 nitrogen and oxygen atoms in total. The highest BCUT2D eigenvalue weighted by Gasteiger charge is 2.32. The van der Waals surface area contributed by atoms with Gasteiger partial charge in [0.2, 0.25) is 0 Å². The number of halogens is 4. The predicted molar refractivity (Wildman–Crippen MR) is 44.9 cm³/mol. The summed E-state index contributed by atoms with van der Waals surface area (Å²) in [5.74, 6) is 0. The lowest BCUT2D eigenvalue weighted by molar-refractivity contribution is -0.143. The molecule has 1 rings (SSSR count). The Hall–Kier alpha value is -0.360. The van der Waals surface area contributed by atoms with Crippen molar-refractivity contribution < 1.29 is 17.6 Å². The molecule has 0 bridgehead atoms. The van der Waals surface area contributed by atoms with Gasteiger partial charge < -0.3 is 5.32 Å². The molecule has 1 fully saturated rings. The van der Waals surface area contributed by atoms with Crippen molar-refractivity contribution in [2.45, 2.75) is 24.8 Å². The van der Waals surface area contributed by atoms with Crippen molar-refractivity contribution in [1.82, 2.24) is 10.2 Å². The van der Waals surface area contributed by atoms with E-state index >= 15 is 0 Å². The van der Waals surface area contributed by atoms with Gasteiger partial charge in [-0.25, -0.2) is 4.39 Å². The van der Waals surface area contributed by atoms with Crippen molar-refractivity contribution in [2.24, 2.45) is 0 Å². The standard InChI is InChI=1S/C8H14F4N2/c1-14(5-8(10,11)12)4-7-6(9)2-3-13-7/h6-7,13H,2-5H2,1H3. The highest BCUT2D eigenvalue weighted by molar-refractivity contribution is 4.85. The van der Waals surface area contributed by atoms with Crippen LogP contribution >= 0.6 is 0 Å². The maximum absolute atomic E-state index is 13.0. The third-order valence-electron chi connectivity index (χ3n) is 2.22. The van der Waals surface area contributed by atoms with Crippen LogP contribution in [0, 0.1) is 0 Å². The smallest absolute Gasteiger partial charge is 0.310 e. The summed E-state index contributed by atoms with van der Waals surface area (Å²) in [5, 5.41) is 2.84. The van der Waals surface area contributed by atoms with E-state index in [1.54, 1.807) is 0 Å².